The van der Waals surface area contributed by atoms with Crippen LogP contribution in [0.5, 0.6) is 6.01 Å². The molecule has 8 heteroatoms. The van der Waals surface area contributed by atoms with Crippen LogP contribution in [-0.2, 0) is 16.6 Å². The fraction of sp³-hybridized carbons (Fsp3) is 0.273. The lowest BCUT2D eigenvalue weighted by molar-refractivity contribution is -0.143. The molecule has 2 heterocycles. The molecular formula is C11H11FN4O3. The number of hydrogen-bond donors (Lipinski definition) is 0. The summed E-state index contributed by atoms with van der Waals surface area (Å²) >= 11 is 0. The average Bonchev–Trinajstić information content (AvgIpc) is 2.77. The SMILES string of the molecule is COC(=O)COc1nc(-c2ccncc2F)n(C)n1. The van der Waals surface area contributed by atoms with E-state index in [2.05, 4.69) is 19.8 Å². The van der Waals surface area contributed by atoms with E-state index in [9.17, 15) is 9.18 Å². The number of carbonyl (C=O) groups excluding carboxylic acids is 1. The van der Waals surface area contributed by atoms with Crippen LogP contribution < -0.4 is 4.74 Å². The molecule has 2 rings (SSSR count). The van der Waals surface area contributed by atoms with Crippen molar-refractivity contribution >= 4 is 5.97 Å². The zero-order valence-electron chi connectivity index (χ0n) is 10.3. The number of halogens is 1. The molecule has 0 atom stereocenters. The number of pyridine rings is 1. The molecule has 0 aliphatic carbocycles. The molecule has 0 fully saturated rings. The monoisotopic (exact) mass is 266 g/mol. The number of aromatic nitrogens is 4. The summed E-state index contributed by atoms with van der Waals surface area (Å²) in [5, 5.41) is 3.92. The summed E-state index contributed by atoms with van der Waals surface area (Å²) in [6.07, 6.45) is 2.53. The summed E-state index contributed by atoms with van der Waals surface area (Å²) in [7, 11) is 2.84. The zero-order chi connectivity index (χ0) is 13.8. The summed E-state index contributed by atoms with van der Waals surface area (Å²) in [4.78, 5) is 18.6. The van der Waals surface area contributed by atoms with Crippen molar-refractivity contribution in [3.63, 3.8) is 0 Å². The van der Waals surface area contributed by atoms with Crippen molar-refractivity contribution in [2.75, 3.05) is 13.7 Å². The highest BCUT2D eigenvalue weighted by atomic mass is 19.1. The van der Waals surface area contributed by atoms with E-state index in [1.54, 1.807) is 7.05 Å². The fourth-order valence-electron chi connectivity index (χ4n) is 1.40. The quantitative estimate of drug-likeness (QED) is 0.753. The van der Waals surface area contributed by atoms with Gasteiger partial charge >= 0.3 is 12.0 Å². The van der Waals surface area contributed by atoms with Gasteiger partial charge in [-0.15, -0.1) is 5.10 Å². The van der Waals surface area contributed by atoms with Gasteiger partial charge < -0.3 is 9.47 Å². The summed E-state index contributed by atoms with van der Waals surface area (Å²) in [6, 6.07) is 1.45. The molecule has 0 spiro atoms. The maximum absolute atomic E-state index is 13.6. The third-order valence-corrected chi connectivity index (χ3v) is 2.30. The predicted molar refractivity (Wildman–Crippen MR) is 61.7 cm³/mol. The molecule has 0 unspecified atom stereocenters. The van der Waals surface area contributed by atoms with Crippen LogP contribution in [0.3, 0.4) is 0 Å². The van der Waals surface area contributed by atoms with Gasteiger partial charge in [-0.2, -0.15) is 4.98 Å². The Morgan fingerprint density at radius 3 is 3.00 bits per heavy atom. The van der Waals surface area contributed by atoms with Crippen LogP contribution >= 0.6 is 0 Å². The smallest absolute Gasteiger partial charge is 0.344 e. The van der Waals surface area contributed by atoms with Gasteiger partial charge in [-0.05, 0) is 6.07 Å². The highest BCUT2D eigenvalue weighted by molar-refractivity contribution is 5.70. The van der Waals surface area contributed by atoms with Gasteiger partial charge in [0, 0.05) is 13.2 Å². The van der Waals surface area contributed by atoms with Crippen LogP contribution in [-0.4, -0.2) is 39.4 Å². The highest BCUT2D eigenvalue weighted by Crippen LogP contribution is 2.21. The van der Waals surface area contributed by atoms with Crippen molar-refractivity contribution in [2.24, 2.45) is 7.05 Å². The number of ether oxygens (including phenoxy) is 2. The van der Waals surface area contributed by atoms with Gasteiger partial charge in [0.2, 0.25) is 0 Å². The van der Waals surface area contributed by atoms with E-state index < -0.39 is 11.8 Å². The van der Waals surface area contributed by atoms with Crippen molar-refractivity contribution in [3.8, 4) is 17.4 Å². The van der Waals surface area contributed by atoms with Crippen LogP contribution in [0.4, 0.5) is 4.39 Å². The molecule has 2 aromatic heterocycles. The van der Waals surface area contributed by atoms with E-state index in [4.69, 9.17) is 4.74 Å². The Morgan fingerprint density at radius 1 is 1.53 bits per heavy atom. The Balaban J connectivity index is 2.22. The predicted octanol–water partition coefficient (Wildman–Crippen LogP) is 0.568. The van der Waals surface area contributed by atoms with Gasteiger partial charge in [0.15, 0.2) is 18.2 Å². The van der Waals surface area contributed by atoms with Crippen LogP contribution in [0.1, 0.15) is 0 Å². The molecule has 0 aliphatic heterocycles. The number of aryl methyl sites for hydroxylation is 1. The molecule has 0 N–H and O–H groups in total. The van der Waals surface area contributed by atoms with Crippen molar-refractivity contribution in [3.05, 3.63) is 24.3 Å². The topological polar surface area (TPSA) is 79.1 Å². The summed E-state index contributed by atoms with van der Waals surface area (Å²) in [5.41, 5.74) is 0.248. The minimum atomic E-state index is -0.552. The van der Waals surface area contributed by atoms with E-state index in [-0.39, 0.29) is 24.0 Å². The molecule has 0 aromatic carbocycles. The summed E-state index contributed by atoms with van der Waals surface area (Å²) in [5.74, 6) is -0.790. The minimum absolute atomic E-state index is 0.0286. The zero-order valence-corrected chi connectivity index (χ0v) is 10.3. The van der Waals surface area contributed by atoms with Crippen molar-refractivity contribution < 1.29 is 18.7 Å². The number of esters is 1. The van der Waals surface area contributed by atoms with Gasteiger partial charge in [0.05, 0.1) is 18.9 Å². The number of hydrogen-bond acceptors (Lipinski definition) is 6. The van der Waals surface area contributed by atoms with Crippen molar-refractivity contribution in [2.45, 2.75) is 0 Å². The number of methoxy groups -OCH3 is 1. The van der Waals surface area contributed by atoms with Crippen LogP contribution in [0.15, 0.2) is 18.5 Å². The third kappa shape index (κ3) is 2.84. The molecule has 2 aromatic rings. The van der Waals surface area contributed by atoms with Crippen molar-refractivity contribution in [1.29, 1.82) is 0 Å². The van der Waals surface area contributed by atoms with Gasteiger partial charge in [-0.3, -0.25) is 4.98 Å². The maximum atomic E-state index is 13.6. The highest BCUT2D eigenvalue weighted by Gasteiger charge is 2.15. The van der Waals surface area contributed by atoms with Crippen molar-refractivity contribution in [1.82, 2.24) is 19.7 Å². The van der Waals surface area contributed by atoms with E-state index in [0.717, 1.165) is 6.20 Å². The Morgan fingerprint density at radius 2 is 2.32 bits per heavy atom. The largest absolute Gasteiger partial charge is 0.466 e. The third-order valence-electron chi connectivity index (χ3n) is 2.30. The second-order valence-electron chi connectivity index (χ2n) is 3.56. The first kappa shape index (κ1) is 12.9. The Labute approximate surface area is 108 Å². The number of nitrogens with zero attached hydrogens (tertiary/aromatic N) is 4. The molecule has 0 radical (unpaired) electrons. The second-order valence-corrected chi connectivity index (χ2v) is 3.56. The molecule has 0 bridgehead atoms. The molecule has 0 saturated heterocycles. The first-order valence-electron chi connectivity index (χ1n) is 5.32. The normalized spacial score (nSPS) is 10.3. The lowest BCUT2D eigenvalue weighted by Crippen LogP contribution is -2.13. The molecule has 0 amide bonds. The molecule has 0 saturated carbocycles. The Hall–Kier alpha value is -2.51. The number of rotatable bonds is 4. The lowest BCUT2D eigenvalue weighted by Gasteiger charge is -1.99. The summed E-state index contributed by atoms with van der Waals surface area (Å²) < 4.78 is 24.4. The van der Waals surface area contributed by atoms with E-state index >= 15 is 0 Å². The lowest BCUT2D eigenvalue weighted by atomic mass is 10.2. The summed E-state index contributed by atoms with van der Waals surface area (Å²) in [6.45, 7) is -0.307. The van der Waals surface area contributed by atoms with Gasteiger partial charge in [-0.25, -0.2) is 13.9 Å². The van der Waals surface area contributed by atoms with Crippen LogP contribution in [0, 0.1) is 5.82 Å². The molecule has 0 aliphatic rings. The molecule has 19 heavy (non-hydrogen) atoms. The first-order chi connectivity index (χ1) is 9.11. The maximum Gasteiger partial charge on any atom is 0.344 e. The van der Waals surface area contributed by atoms with Crippen LogP contribution in [0.2, 0.25) is 0 Å². The molecule has 100 valence electrons. The van der Waals surface area contributed by atoms with E-state index in [0.29, 0.717) is 0 Å². The van der Waals surface area contributed by atoms with Gasteiger partial charge in [0.25, 0.3) is 0 Å². The molecular weight excluding hydrogens is 255 g/mol. The average molecular weight is 266 g/mol. The Bertz CT molecular complexity index is 599. The minimum Gasteiger partial charge on any atom is -0.466 e. The first-order valence-corrected chi connectivity index (χ1v) is 5.32. The van der Waals surface area contributed by atoms with Gasteiger partial charge in [-0.1, -0.05) is 0 Å². The van der Waals surface area contributed by atoms with E-state index in [1.807, 2.05) is 0 Å². The van der Waals surface area contributed by atoms with Crippen LogP contribution in [0.25, 0.3) is 11.4 Å². The second kappa shape index (κ2) is 5.42. The van der Waals surface area contributed by atoms with E-state index in [1.165, 1.54) is 24.1 Å². The number of carbonyl (C=O) groups is 1. The Kier molecular flexibility index (Phi) is 3.69. The standard InChI is InChI=1S/C11H11FN4O3/c1-16-10(7-3-4-13-5-8(7)12)14-11(15-16)19-6-9(17)18-2/h3-5H,6H2,1-2H3. The molecule has 7 nitrogen and oxygen atoms in total. The fourth-order valence-corrected chi connectivity index (χ4v) is 1.40. The van der Waals surface area contributed by atoms with Gasteiger partial charge in [0.1, 0.15) is 0 Å².